The van der Waals surface area contributed by atoms with Crippen LogP contribution in [0.2, 0.25) is 15.1 Å². The van der Waals surface area contributed by atoms with Crippen LogP contribution in [0, 0.1) is 7.14 Å². The number of hydrogen-bond acceptors (Lipinski definition) is 6. The van der Waals surface area contributed by atoms with Gasteiger partial charge in [0.2, 0.25) is 0 Å². The third-order valence-electron chi connectivity index (χ3n) is 6.47. The highest BCUT2D eigenvalue weighted by Crippen LogP contribution is 2.38. The molecule has 45 heavy (non-hydrogen) atoms. The molecule has 0 spiro atoms. The molecule has 234 valence electrons. The highest BCUT2D eigenvalue weighted by molar-refractivity contribution is 14.1. The molecule has 0 fully saturated rings. The van der Waals surface area contributed by atoms with Gasteiger partial charge in [0, 0.05) is 14.2 Å². The Morgan fingerprint density at radius 1 is 1.07 bits per heavy atom. The van der Waals surface area contributed by atoms with Crippen LogP contribution in [0.1, 0.15) is 29.7 Å². The Kier molecular flexibility index (Phi) is 10.6. The number of alkyl halides is 3. The minimum absolute atomic E-state index is 0.0801. The Hall–Kier alpha value is -2.11. The number of nitrogens with zero attached hydrogens (tertiary/aromatic N) is 2. The maximum atomic E-state index is 14.4. The smallest absolute Gasteiger partial charge is 0.434 e. The van der Waals surface area contributed by atoms with Crippen LogP contribution in [-0.2, 0) is 16.1 Å². The van der Waals surface area contributed by atoms with Crippen LogP contribution in [0.25, 0.3) is 6.08 Å². The summed E-state index contributed by atoms with van der Waals surface area (Å²) in [5, 5.41) is 1.09. The van der Waals surface area contributed by atoms with Gasteiger partial charge in [0.05, 0.1) is 36.4 Å². The third-order valence-corrected chi connectivity index (χ3v) is 9.87. The maximum Gasteiger partial charge on any atom is 0.434 e. The normalized spacial score (nSPS) is 15.1. The van der Waals surface area contributed by atoms with E-state index in [1.54, 1.807) is 30.3 Å². The summed E-state index contributed by atoms with van der Waals surface area (Å²) < 4.78 is 57.1. The summed E-state index contributed by atoms with van der Waals surface area (Å²) in [7, 11) is 0. The van der Waals surface area contributed by atoms with Gasteiger partial charge in [-0.25, -0.2) is 9.79 Å². The molecule has 5 rings (SSSR count). The van der Waals surface area contributed by atoms with E-state index in [-0.39, 0.29) is 28.1 Å². The van der Waals surface area contributed by atoms with Crippen molar-refractivity contribution in [1.82, 2.24) is 4.57 Å². The number of aromatic nitrogens is 1. The second-order valence-electron chi connectivity index (χ2n) is 9.46. The van der Waals surface area contributed by atoms with E-state index in [9.17, 15) is 22.8 Å². The molecule has 2 heterocycles. The van der Waals surface area contributed by atoms with E-state index in [0.717, 1.165) is 28.6 Å². The fraction of sp³-hybridized carbons (Fsp3) is 0.167. The van der Waals surface area contributed by atoms with Crippen molar-refractivity contribution in [2.45, 2.75) is 25.7 Å². The third kappa shape index (κ3) is 7.40. The van der Waals surface area contributed by atoms with Crippen LogP contribution in [0.5, 0.6) is 5.75 Å². The molecule has 3 aromatic carbocycles. The standard InChI is InChI=1S/C30H18Cl3F3I2N2O4S/c1-2-43-28(42)23-24(15-4-6-17(31)7-5-15)40-27(41)22(45-29(40)39-26(23)30(34,35)36)11-16-10-18(37)12-21(38)25(16)44-13-14-3-8-19(32)20(33)9-14/h3-12,24H,2,13H2,1H3/b22-11-/t24-/m0/s1. The molecule has 1 aromatic heterocycles. The molecule has 0 amide bonds. The summed E-state index contributed by atoms with van der Waals surface area (Å²) in [6.07, 6.45) is -3.47. The molecule has 0 bridgehead atoms. The molecule has 0 saturated heterocycles. The van der Waals surface area contributed by atoms with E-state index >= 15 is 0 Å². The number of rotatable bonds is 7. The summed E-state index contributed by atoms with van der Waals surface area (Å²) in [4.78, 5) is 30.6. The number of halogens is 8. The Bertz CT molecular complexity index is 2030. The zero-order valence-electron chi connectivity index (χ0n) is 22.7. The Morgan fingerprint density at radius 3 is 2.42 bits per heavy atom. The number of fused-ring (bicyclic) bond motifs is 1. The Labute approximate surface area is 300 Å². The van der Waals surface area contributed by atoms with E-state index in [4.69, 9.17) is 44.3 Å². The van der Waals surface area contributed by atoms with Crippen molar-refractivity contribution >= 4 is 103 Å². The number of hydrogen-bond donors (Lipinski definition) is 0. The predicted molar refractivity (Wildman–Crippen MR) is 185 cm³/mol. The molecular weight excluding hydrogens is 902 g/mol. The van der Waals surface area contributed by atoms with E-state index in [2.05, 4.69) is 50.2 Å². The fourth-order valence-electron chi connectivity index (χ4n) is 4.57. The summed E-state index contributed by atoms with van der Waals surface area (Å²) in [5.41, 5.74) is -1.38. The van der Waals surface area contributed by atoms with Crippen LogP contribution >= 0.6 is 91.3 Å². The number of thiazole rings is 1. The number of carbonyl (C=O) groups is 1. The molecule has 1 aliphatic rings. The van der Waals surface area contributed by atoms with Gasteiger partial charge in [-0.3, -0.25) is 9.36 Å². The van der Waals surface area contributed by atoms with Crippen molar-refractivity contribution in [3.63, 3.8) is 0 Å². The first-order valence-corrected chi connectivity index (χ1v) is 17.0. The average molecular weight is 920 g/mol. The van der Waals surface area contributed by atoms with Gasteiger partial charge in [-0.05, 0) is 106 Å². The number of esters is 1. The summed E-state index contributed by atoms with van der Waals surface area (Å²) in [5.74, 6) is -0.779. The van der Waals surface area contributed by atoms with Crippen LogP contribution in [0.4, 0.5) is 13.2 Å². The van der Waals surface area contributed by atoms with Gasteiger partial charge < -0.3 is 9.47 Å². The Morgan fingerprint density at radius 2 is 1.78 bits per heavy atom. The van der Waals surface area contributed by atoms with Crippen LogP contribution in [0.15, 0.2) is 75.7 Å². The topological polar surface area (TPSA) is 69.9 Å². The number of carbonyl (C=O) groups excluding carboxylic acids is 1. The number of benzene rings is 3. The largest absolute Gasteiger partial charge is 0.487 e. The summed E-state index contributed by atoms with van der Waals surface area (Å²) >= 11 is 23.2. The molecule has 4 aromatic rings. The summed E-state index contributed by atoms with van der Waals surface area (Å²) in [6, 6.07) is 13.1. The molecule has 1 atom stereocenters. The molecule has 0 N–H and O–H groups in total. The molecular formula is C30H18Cl3F3I2N2O4S. The first kappa shape index (κ1) is 34.2. The average Bonchev–Trinajstić information content (AvgIpc) is 3.28. The van der Waals surface area contributed by atoms with Crippen molar-refractivity contribution in [3.8, 4) is 5.75 Å². The van der Waals surface area contributed by atoms with E-state index < -0.39 is 35.0 Å². The minimum atomic E-state index is -5.01. The quantitative estimate of drug-likeness (QED) is 0.139. The lowest BCUT2D eigenvalue weighted by atomic mass is 9.95. The maximum absolute atomic E-state index is 14.4. The molecule has 0 saturated carbocycles. The molecule has 6 nitrogen and oxygen atoms in total. The van der Waals surface area contributed by atoms with Gasteiger partial charge in [0.15, 0.2) is 10.5 Å². The summed E-state index contributed by atoms with van der Waals surface area (Å²) in [6.45, 7) is 1.42. The van der Waals surface area contributed by atoms with Gasteiger partial charge in [-0.1, -0.05) is 64.3 Å². The second kappa shape index (κ2) is 13.9. The van der Waals surface area contributed by atoms with E-state index in [1.165, 1.54) is 31.2 Å². The van der Waals surface area contributed by atoms with Gasteiger partial charge in [-0.15, -0.1) is 0 Å². The lowest BCUT2D eigenvalue weighted by molar-refractivity contribution is -0.140. The van der Waals surface area contributed by atoms with Crippen LogP contribution in [-0.4, -0.2) is 23.3 Å². The van der Waals surface area contributed by atoms with Crippen molar-refractivity contribution in [3.05, 3.63) is 124 Å². The van der Waals surface area contributed by atoms with E-state index in [0.29, 0.717) is 26.4 Å². The highest BCUT2D eigenvalue weighted by Gasteiger charge is 2.45. The first-order valence-electron chi connectivity index (χ1n) is 12.9. The zero-order chi connectivity index (χ0) is 32.6. The molecule has 1 aliphatic heterocycles. The molecule has 0 aliphatic carbocycles. The predicted octanol–water partition coefficient (Wildman–Crippen LogP) is 8.09. The van der Waals surface area contributed by atoms with Gasteiger partial charge in [0.1, 0.15) is 12.4 Å². The van der Waals surface area contributed by atoms with Crippen LogP contribution in [0.3, 0.4) is 0 Å². The van der Waals surface area contributed by atoms with Gasteiger partial charge in [0.25, 0.3) is 5.56 Å². The number of ether oxygens (including phenoxy) is 2. The van der Waals surface area contributed by atoms with Crippen molar-refractivity contribution in [2.24, 2.45) is 4.99 Å². The van der Waals surface area contributed by atoms with Crippen LogP contribution < -0.4 is 19.6 Å². The molecule has 0 radical (unpaired) electrons. The van der Waals surface area contributed by atoms with Gasteiger partial charge in [-0.2, -0.15) is 13.2 Å². The van der Waals surface area contributed by atoms with Crippen molar-refractivity contribution in [2.75, 3.05) is 6.61 Å². The lowest BCUT2D eigenvalue weighted by Gasteiger charge is -2.26. The molecule has 0 unspecified atom stereocenters. The minimum Gasteiger partial charge on any atom is -0.487 e. The molecule has 15 heteroatoms. The van der Waals surface area contributed by atoms with Crippen molar-refractivity contribution < 1.29 is 27.4 Å². The Balaban J connectivity index is 1.70. The highest BCUT2D eigenvalue weighted by atomic mass is 127. The van der Waals surface area contributed by atoms with Gasteiger partial charge >= 0.3 is 12.1 Å². The number of allylic oxidation sites excluding steroid dienone is 1. The fourth-order valence-corrected chi connectivity index (χ4v) is 8.05. The van der Waals surface area contributed by atoms with Crippen molar-refractivity contribution in [1.29, 1.82) is 0 Å². The first-order chi connectivity index (χ1) is 21.3. The lowest BCUT2D eigenvalue weighted by Crippen LogP contribution is -2.41. The monoisotopic (exact) mass is 918 g/mol. The van der Waals surface area contributed by atoms with E-state index in [1.807, 2.05) is 6.07 Å². The SMILES string of the molecule is CCOC(=O)C1=C(C(F)(F)F)N=c2s/c(=C\c3cc(I)cc(I)c3OCc3ccc(Cl)c(Cl)c3)c(=O)n2[C@H]1c1ccc(Cl)cc1. The second-order valence-corrected chi connectivity index (χ2v) is 14.1. The zero-order valence-corrected chi connectivity index (χ0v) is 30.1.